The third-order valence-corrected chi connectivity index (χ3v) is 1.68. The molecule has 0 fully saturated rings. The molecule has 10 heavy (non-hydrogen) atoms. The third-order valence-electron chi connectivity index (χ3n) is 1.09. The Hall–Kier alpha value is -0.102. The fourth-order valence-electron chi connectivity index (χ4n) is 0.513. The normalized spacial score (nSPS) is 9.50. The summed E-state index contributed by atoms with van der Waals surface area (Å²) in [6.45, 7) is 3.56. The molecule has 0 N–H and O–H groups in total. The van der Waals surface area contributed by atoms with Crippen molar-refractivity contribution in [2.45, 2.75) is 20.3 Å². The van der Waals surface area contributed by atoms with Crippen LogP contribution in [0.2, 0.25) is 0 Å². The zero-order valence-corrected chi connectivity index (χ0v) is 9.06. The van der Waals surface area contributed by atoms with Gasteiger partial charge in [-0.2, -0.15) is 0 Å². The van der Waals surface area contributed by atoms with Crippen molar-refractivity contribution in [2.24, 2.45) is 5.92 Å². The quantitative estimate of drug-likeness (QED) is 0.713. The van der Waals surface area contributed by atoms with Crippen LogP contribution in [0.4, 0.5) is 0 Å². The average molecular weight is 308 g/mol. The zero-order chi connectivity index (χ0) is 8.15. The molecule has 0 atom stereocenters. The standard InChI is InChI=1S/C7H10NO.W/c1-4-6(8)7(9)5(2)3;/h1,5H,4H2,2-3H3;/q-1;. The molecule has 0 unspecified atom stereocenters. The number of carbonyl (C=O) groups is 1. The summed E-state index contributed by atoms with van der Waals surface area (Å²) >= 11 is 1.28. The van der Waals surface area contributed by atoms with E-state index >= 15 is 0 Å². The molecule has 0 heterocycles. The van der Waals surface area contributed by atoms with E-state index in [1.165, 1.54) is 19.4 Å². The molecule has 0 rings (SSSR count). The van der Waals surface area contributed by atoms with Crippen LogP contribution in [0.3, 0.4) is 0 Å². The molecule has 0 aromatic carbocycles. The molecule has 2 nitrogen and oxygen atoms in total. The molecule has 0 aromatic heterocycles. The molecule has 0 aromatic rings. The first-order chi connectivity index (χ1) is 4.59. The van der Waals surface area contributed by atoms with Gasteiger partial charge in [0.15, 0.2) is 0 Å². The summed E-state index contributed by atoms with van der Waals surface area (Å²) in [4.78, 5) is 10.9. The van der Waals surface area contributed by atoms with E-state index in [0.717, 1.165) is 0 Å². The number of hydrogen-bond acceptors (Lipinski definition) is 1. The van der Waals surface area contributed by atoms with Gasteiger partial charge in [-0.05, 0) is 0 Å². The summed E-state index contributed by atoms with van der Waals surface area (Å²) < 4.78 is 1.84. The van der Waals surface area contributed by atoms with Crippen LogP contribution >= 0.6 is 0 Å². The molecule has 0 saturated carbocycles. The van der Waals surface area contributed by atoms with Crippen molar-refractivity contribution in [1.29, 1.82) is 0 Å². The van der Waals surface area contributed by atoms with Gasteiger partial charge in [-0.3, -0.25) is 0 Å². The van der Waals surface area contributed by atoms with Gasteiger partial charge in [0.1, 0.15) is 0 Å². The van der Waals surface area contributed by atoms with Crippen LogP contribution < -0.4 is 0 Å². The van der Waals surface area contributed by atoms with Crippen molar-refractivity contribution >= 4 is 15.9 Å². The molecule has 0 spiro atoms. The summed E-state index contributed by atoms with van der Waals surface area (Å²) in [6, 6.07) is 0. The minimum absolute atomic E-state index is 0.00926. The number of nitrogens with zero attached hydrogens (tertiary/aromatic N) is 1. The van der Waals surface area contributed by atoms with Gasteiger partial charge in [-0.25, -0.2) is 0 Å². The molecule has 3 heteroatoms. The van der Waals surface area contributed by atoms with Gasteiger partial charge < -0.3 is 0 Å². The number of Topliss-reactive ketones (excluding diaryl/α,β-unsaturated/α-hetero) is 1. The molecule has 56 valence electrons. The van der Waals surface area contributed by atoms with Gasteiger partial charge in [-0.15, -0.1) is 0 Å². The summed E-state index contributed by atoms with van der Waals surface area (Å²) in [7, 11) is 0. The van der Waals surface area contributed by atoms with Crippen LogP contribution in [0.25, 0.3) is 5.41 Å². The van der Waals surface area contributed by atoms with Crippen LogP contribution in [0.5, 0.6) is 0 Å². The molecule has 0 bridgehead atoms. The number of ketones is 1. The fourth-order valence-corrected chi connectivity index (χ4v) is 1.08. The Morgan fingerprint density at radius 2 is 2.20 bits per heavy atom. The number of rotatable bonds is 4. The molecule has 0 amide bonds. The van der Waals surface area contributed by atoms with Gasteiger partial charge in [0.05, 0.1) is 0 Å². The fraction of sp³-hybridized carbons (Fsp3) is 0.571. The van der Waals surface area contributed by atoms with E-state index in [1.54, 1.807) is 13.8 Å². The Balaban J connectivity index is 3.95. The van der Waals surface area contributed by atoms with E-state index < -0.39 is 0 Å². The Labute approximate surface area is 71.9 Å². The van der Waals surface area contributed by atoms with Crippen molar-refractivity contribution in [3.8, 4) is 0 Å². The van der Waals surface area contributed by atoms with Crippen LogP contribution in [0.15, 0.2) is 0 Å². The van der Waals surface area contributed by atoms with E-state index in [0.29, 0.717) is 6.42 Å². The first-order valence-electron chi connectivity index (χ1n) is 3.12. The summed E-state index contributed by atoms with van der Waals surface area (Å²) in [5.74, 6) is -0.229. The SMILES string of the molecule is CC(C)C(=O)C(=[N-])C[CH]=[W]. The molecule has 0 aliphatic rings. The first-order valence-corrected chi connectivity index (χ1v) is 4.81. The molecular formula is C7H10NOW-. The van der Waals surface area contributed by atoms with Gasteiger partial charge in [0, 0.05) is 0 Å². The molecule has 0 aliphatic heterocycles. The summed E-state index contributed by atoms with van der Waals surface area (Å²) in [6.07, 6.45) is 0.423. The van der Waals surface area contributed by atoms with E-state index in [9.17, 15) is 4.79 Å². The predicted octanol–water partition coefficient (Wildman–Crippen LogP) is 0.961. The minimum atomic E-state index is -0.141. The van der Waals surface area contributed by atoms with Gasteiger partial charge in [0.2, 0.25) is 0 Å². The Bertz CT molecular complexity index is 163. The Kier molecular flexibility index (Phi) is 4.63. The second-order valence-corrected chi connectivity index (χ2v) is 3.53. The summed E-state index contributed by atoms with van der Waals surface area (Å²) in [5, 5.41) is 9.04. The van der Waals surface area contributed by atoms with Crippen LogP contribution in [-0.2, 0) is 24.1 Å². The van der Waals surface area contributed by atoms with Gasteiger partial charge in [0.25, 0.3) is 0 Å². The Morgan fingerprint density at radius 1 is 1.70 bits per heavy atom. The number of hydrogen-bond donors (Lipinski definition) is 0. The third kappa shape index (κ3) is 3.16. The van der Waals surface area contributed by atoms with Crippen LogP contribution in [0, 0.1) is 5.92 Å². The monoisotopic (exact) mass is 308 g/mol. The van der Waals surface area contributed by atoms with E-state index in [-0.39, 0.29) is 17.4 Å². The summed E-state index contributed by atoms with van der Waals surface area (Å²) in [5.41, 5.74) is -0.00926. The van der Waals surface area contributed by atoms with Crippen molar-refractivity contribution < 1.29 is 24.1 Å². The van der Waals surface area contributed by atoms with Crippen molar-refractivity contribution in [3.05, 3.63) is 5.41 Å². The van der Waals surface area contributed by atoms with Crippen LogP contribution in [-0.4, -0.2) is 15.9 Å². The second-order valence-electron chi connectivity index (χ2n) is 2.34. The van der Waals surface area contributed by atoms with Crippen LogP contribution in [0.1, 0.15) is 20.3 Å². The zero-order valence-electron chi connectivity index (χ0n) is 6.13. The molecular weight excluding hydrogens is 298 g/mol. The predicted molar refractivity (Wildman–Crippen MR) is 38.9 cm³/mol. The number of carbonyl (C=O) groups excluding carboxylic acids is 1. The second kappa shape index (κ2) is 4.67. The maximum absolute atomic E-state index is 10.9. The molecule has 0 aliphatic carbocycles. The van der Waals surface area contributed by atoms with E-state index in [4.69, 9.17) is 5.41 Å². The van der Waals surface area contributed by atoms with Gasteiger partial charge >= 0.3 is 71.6 Å². The topological polar surface area (TPSA) is 39.4 Å². The van der Waals surface area contributed by atoms with Crippen molar-refractivity contribution in [3.63, 3.8) is 0 Å². The van der Waals surface area contributed by atoms with Crippen molar-refractivity contribution in [1.82, 2.24) is 0 Å². The maximum atomic E-state index is 10.9. The first kappa shape index (κ1) is 9.90. The Morgan fingerprint density at radius 3 is 2.50 bits per heavy atom. The van der Waals surface area contributed by atoms with Crippen molar-refractivity contribution in [2.75, 3.05) is 0 Å². The van der Waals surface area contributed by atoms with E-state index in [2.05, 4.69) is 0 Å². The van der Waals surface area contributed by atoms with Gasteiger partial charge in [-0.1, -0.05) is 0 Å². The average Bonchev–Trinajstić information content (AvgIpc) is 1.87. The molecule has 0 saturated heterocycles. The molecule has 0 radical (unpaired) electrons. The van der Waals surface area contributed by atoms with E-state index in [1.807, 2.05) is 4.40 Å².